The molecule has 4 rings (SSSR count). The lowest BCUT2D eigenvalue weighted by molar-refractivity contribution is -0.125. The number of rotatable bonds is 7. The number of nitrogens with two attached hydrogens (primary N) is 1. The van der Waals surface area contributed by atoms with Crippen LogP contribution in [0.15, 0.2) is 76.6 Å². The Labute approximate surface area is 208 Å². The second-order valence-corrected chi connectivity index (χ2v) is 10.5. The lowest BCUT2D eigenvalue weighted by Crippen LogP contribution is -2.37. The van der Waals surface area contributed by atoms with Crippen molar-refractivity contribution in [3.63, 3.8) is 0 Å². The SMILES string of the molecule is CNC(=O)C(C)(C)c1ccc(Nc2nc(Cc3ccccc3S(N)(=O)=O)cc3cc[nH]c(=O)c23)cc1. The first kappa shape index (κ1) is 25.1. The van der Waals surface area contributed by atoms with Crippen LogP contribution in [0.4, 0.5) is 11.5 Å². The summed E-state index contributed by atoms with van der Waals surface area (Å²) in [5.74, 6) is 0.227. The highest BCUT2D eigenvalue weighted by atomic mass is 32.2. The number of nitrogens with zero attached hydrogens (tertiary/aromatic N) is 1. The normalized spacial score (nSPS) is 11.9. The van der Waals surface area contributed by atoms with Gasteiger partial charge in [0.2, 0.25) is 15.9 Å². The monoisotopic (exact) mass is 505 g/mol. The number of amides is 1. The molecule has 0 fully saturated rings. The number of anilines is 2. The van der Waals surface area contributed by atoms with Crippen LogP contribution < -0.4 is 21.3 Å². The van der Waals surface area contributed by atoms with Gasteiger partial charge in [0, 0.05) is 31.0 Å². The van der Waals surface area contributed by atoms with Gasteiger partial charge in [-0.1, -0.05) is 30.3 Å². The molecule has 0 saturated heterocycles. The molecule has 2 aromatic heterocycles. The number of primary sulfonamides is 1. The second kappa shape index (κ2) is 9.56. The van der Waals surface area contributed by atoms with E-state index in [0.717, 1.165) is 5.56 Å². The number of benzene rings is 2. The molecule has 2 heterocycles. The highest BCUT2D eigenvalue weighted by Crippen LogP contribution is 2.28. The third-order valence-electron chi connectivity index (χ3n) is 6.12. The van der Waals surface area contributed by atoms with Crippen molar-refractivity contribution in [1.29, 1.82) is 0 Å². The summed E-state index contributed by atoms with van der Waals surface area (Å²) in [6.07, 6.45) is 1.75. The summed E-state index contributed by atoms with van der Waals surface area (Å²) in [4.78, 5) is 32.3. The number of sulfonamides is 1. The van der Waals surface area contributed by atoms with Gasteiger partial charge in [-0.3, -0.25) is 9.59 Å². The molecular weight excluding hydrogens is 478 g/mol. The molecule has 0 unspecified atom stereocenters. The van der Waals surface area contributed by atoms with Crippen LogP contribution in [0.25, 0.3) is 10.8 Å². The molecule has 0 atom stereocenters. The van der Waals surface area contributed by atoms with E-state index in [9.17, 15) is 18.0 Å². The highest BCUT2D eigenvalue weighted by molar-refractivity contribution is 7.89. The van der Waals surface area contributed by atoms with Crippen molar-refractivity contribution in [3.05, 3.63) is 94.0 Å². The molecule has 1 amide bonds. The number of fused-ring (bicyclic) bond motifs is 1. The van der Waals surface area contributed by atoms with E-state index < -0.39 is 15.4 Å². The molecule has 0 radical (unpaired) electrons. The number of H-pyrrole nitrogens is 1. The molecular formula is C26H27N5O4S. The van der Waals surface area contributed by atoms with Crippen LogP contribution in [-0.2, 0) is 26.7 Å². The fourth-order valence-electron chi connectivity index (χ4n) is 4.12. The van der Waals surface area contributed by atoms with Crippen molar-refractivity contribution in [3.8, 4) is 0 Å². The second-order valence-electron chi connectivity index (χ2n) is 8.97. The van der Waals surface area contributed by atoms with Crippen LogP contribution >= 0.6 is 0 Å². The number of nitrogens with one attached hydrogen (secondary N) is 3. The molecule has 5 N–H and O–H groups in total. The van der Waals surface area contributed by atoms with Crippen LogP contribution in [0.2, 0.25) is 0 Å². The number of aromatic amines is 1. The van der Waals surface area contributed by atoms with Crippen molar-refractivity contribution >= 4 is 38.2 Å². The summed E-state index contributed by atoms with van der Waals surface area (Å²) in [7, 11) is -2.31. The first-order valence-corrected chi connectivity index (χ1v) is 12.8. The van der Waals surface area contributed by atoms with Gasteiger partial charge in [-0.15, -0.1) is 0 Å². The van der Waals surface area contributed by atoms with E-state index in [2.05, 4.69) is 20.6 Å². The van der Waals surface area contributed by atoms with Crippen molar-refractivity contribution in [2.45, 2.75) is 30.6 Å². The molecule has 0 aliphatic rings. The Morgan fingerprint density at radius 2 is 1.78 bits per heavy atom. The summed E-state index contributed by atoms with van der Waals surface area (Å²) in [5, 5.41) is 12.3. The number of likely N-dealkylation sites (N-methyl/N-ethyl adjacent to an activating group) is 1. The minimum absolute atomic E-state index is 0.0293. The van der Waals surface area contributed by atoms with Crippen molar-refractivity contribution in [2.75, 3.05) is 12.4 Å². The number of carbonyl (C=O) groups excluding carboxylic acids is 1. The standard InChI is InChI=1S/C26H27N5O4S/c1-26(2,25(33)28-3)18-8-10-19(11-9-18)30-23-22-17(12-13-29-24(22)32)15-20(31-23)14-16-6-4-5-7-21(16)36(27,34)35/h4-13,15H,14H2,1-3H3,(H,28,33)(H,29,32)(H,30,31)(H2,27,34,35). The Hall–Kier alpha value is -4.02. The summed E-state index contributed by atoms with van der Waals surface area (Å²) >= 11 is 0. The van der Waals surface area contributed by atoms with Crippen LogP contribution in [0.3, 0.4) is 0 Å². The van der Waals surface area contributed by atoms with Gasteiger partial charge in [0.15, 0.2) is 0 Å². The van der Waals surface area contributed by atoms with Crippen LogP contribution in [0.1, 0.15) is 30.7 Å². The average molecular weight is 506 g/mol. The topological polar surface area (TPSA) is 147 Å². The molecule has 0 bridgehead atoms. The molecule has 36 heavy (non-hydrogen) atoms. The van der Waals surface area contributed by atoms with E-state index in [1.807, 2.05) is 38.1 Å². The summed E-state index contributed by atoms with van der Waals surface area (Å²) in [5.41, 5.74) is 1.54. The Morgan fingerprint density at radius 3 is 2.44 bits per heavy atom. The zero-order chi connectivity index (χ0) is 26.1. The molecule has 186 valence electrons. The maximum absolute atomic E-state index is 12.7. The highest BCUT2D eigenvalue weighted by Gasteiger charge is 2.28. The van der Waals surface area contributed by atoms with E-state index >= 15 is 0 Å². The Balaban J connectivity index is 1.75. The molecule has 0 spiro atoms. The number of aromatic nitrogens is 2. The van der Waals surface area contributed by atoms with Gasteiger partial charge in [-0.05, 0) is 60.7 Å². The fourth-order valence-corrected chi connectivity index (χ4v) is 4.90. The number of pyridine rings is 2. The Bertz CT molecular complexity index is 1610. The predicted molar refractivity (Wildman–Crippen MR) is 140 cm³/mol. The number of hydrogen-bond acceptors (Lipinski definition) is 6. The van der Waals surface area contributed by atoms with Gasteiger partial charge in [-0.25, -0.2) is 18.5 Å². The van der Waals surface area contributed by atoms with Gasteiger partial charge in [0.1, 0.15) is 5.82 Å². The van der Waals surface area contributed by atoms with E-state index in [0.29, 0.717) is 33.5 Å². The van der Waals surface area contributed by atoms with Crippen LogP contribution in [0, 0.1) is 0 Å². The number of hydrogen-bond donors (Lipinski definition) is 4. The maximum Gasteiger partial charge on any atom is 0.259 e. The summed E-state index contributed by atoms with van der Waals surface area (Å²) < 4.78 is 24.1. The average Bonchev–Trinajstić information content (AvgIpc) is 2.83. The number of carbonyl (C=O) groups is 1. The van der Waals surface area contributed by atoms with E-state index in [1.54, 1.807) is 43.6 Å². The summed E-state index contributed by atoms with van der Waals surface area (Å²) in [6.45, 7) is 3.68. The lowest BCUT2D eigenvalue weighted by atomic mass is 9.83. The predicted octanol–water partition coefficient (Wildman–Crippen LogP) is 2.93. The lowest BCUT2D eigenvalue weighted by Gasteiger charge is -2.23. The molecule has 9 nitrogen and oxygen atoms in total. The van der Waals surface area contributed by atoms with E-state index in [-0.39, 0.29) is 22.8 Å². The minimum atomic E-state index is -3.91. The zero-order valence-electron chi connectivity index (χ0n) is 20.1. The van der Waals surface area contributed by atoms with E-state index in [1.165, 1.54) is 6.07 Å². The van der Waals surface area contributed by atoms with Gasteiger partial charge in [0.05, 0.1) is 15.7 Å². The Kier molecular flexibility index (Phi) is 6.66. The zero-order valence-corrected chi connectivity index (χ0v) is 20.9. The molecule has 0 saturated carbocycles. The van der Waals surface area contributed by atoms with Gasteiger partial charge >= 0.3 is 0 Å². The Morgan fingerprint density at radius 1 is 1.08 bits per heavy atom. The van der Waals surface area contributed by atoms with Crippen molar-refractivity contribution in [2.24, 2.45) is 5.14 Å². The van der Waals surface area contributed by atoms with Crippen molar-refractivity contribution in [1.82, 2.24) is 15.3 Å². The fraction of sp³-hybridized carbons (Fsp3) is 0.192. The molecule has 4 aromatic rings. The largest absolute Gasteiger partial charge is 0.358 e. The van der Waals surface area contributed by atoms with Crippen molar-refractivity contribution < 1.29 is 13.2 Å². The van der Waals surface area contributed by atoms with Gasteiger partial charge < -0.3 is 15.6 Å². The van der Waals surface area contributed by atoms with Gasteiger partial charge in [0.25, 0.3) is 5.56 Å². The molecule has 0 aliphatic heterocycles. The first-order chi connectivity index (χ1) is 17.0. The molecule has 0 aliphatic carbocycles. The van der Waals surface area contributed by atoms with Crippen LogP contribution in [-0.4, -0.2) is 31.3 Å². The van der Waals surface area contributed by atoms with Gasteiger partial charge in [-0.2, -0.15) is 0 Å². The first-order valence-electron chi connectivity index (χ1n) is 11.2. The smallest absolute Gasteiger partial charge is 0.259 e. The minimum Gasteiger partial charge on any atom is -0.358 e. The quantitative estimate of drug-likeness (QED) is 0.304. The molecule has 2 aromatic carbocycles. The summed E-state index contributed by atoms with van der Waals surface area (Å²) in [6, 6.07) is 17.3. The maximum atomic E-state index is 12.7. The molecule has 10 heteroatoms. The van der Waals surface area contributed by atoms with E-state index in [4.69, 9.17) is 5.14 Å². The third kappa shape index (κ3) is 5.00. The van der Waals surface area contributed by atoms with Crippen LogP contribution in [0.5, 0.6) is 0 Å². The third-order valence-corrected chi connectivity index (χ3v) is 7.13.